The Morgan fingerprint density at radius 3 is 2.90 bits per heavy atom. The maximum absolute atomic E-state index is 12.1. The van der Waals surface area contributed by atoms with Crippen molar-refractivity contribution in [3.05, 3.63) is 18.7 Å². The van der Waals surface area contributed by atoms with E-state index in [2.05, 4.69) is 15.4 Å². The van der Waals surface area contributed by atoms with Gasteiger partial charge in [-0.1, -0.05) is 6.92 Å². The molecular weight excluding hydrogens is 258 g/mol. The molecule has 0 aliphatic carbocycles. The van der Waals surface area contributed by atoms with Crippen LogP contribution < -0.4 is 5.32 Å². The van der Waals surface area contributed by atoms with E-state index in [1.807, 2.05) is 17.7 Å². The molecule has 108 valence electrons. The van der Waals surface area contributed by atoms with Gasteiger partial charge in [0.05, 0.1) is 6.33 Å². The molecule has 0 unspecified atom stereocenters. The fourth-order valence-electron chi connectivity index (χ4n) is 2.03. The summed E-state index contributed by atoms with van der Waals surface area (Å²) in [4.78, 5) is 27.5. The Balaban J connectivity index is 1.95. The van der Waals surface area contributed by atoms with E-state index in [1.165, 1.54) is 5.01 Å². The molecule has 0 saturated heterocycles. The van der Waals surface area contributed by atoms with Crippen LogP contribution >= 0.6 is 0 Å². The first-order chi connectivity index (χ1) is 9.60. The Kier molecular flexibility index (Phi) is 4.49. The molecular formula is C13H19N5O2. The zero-order chi connectivity index (χ0) is 14.5. The minimum Gasteiger partial charge on any atom is -0.346 e. The normalized spacial score (nSPS) is 16.8. The van der Waals surface area contributed by atoms with E-state index < -0.39 is 0 Å². The zero-order valence-corrected chi connectivity index (χ0v) is 11.7. The van der Waals surface area contributed by atoms with Crippen LogP contribution in [-0.2, 0) is 16.1 Å². The van der Waals surface area contributed by atoms with Crippen molar-refractivity contribution < 1.29 is 9.59 Å². The minimum absolute atomic E-state index is 0.0161. The predicted molar refractivity (Wildman–Crippen MR) is 73.9 cm³/mol. The van der Waals surface area contributed by atoms with Gasteiger partial charge in [-0.3, -0.25) is 9.59 Å². The van der Waals surface area contributed by atoms with Gasteiger partial charge in [0, 0.05) is 44.9 Å². The van der Waals surface area contributed by atoms with E-state index in [1.54, 1.807) is 19.6 Å². The van der Waals surface area contributed by atoms with Gasteiger partial charge < -0.3 is 9.88 Å². The average molecular weight is 277 g/mol. The van der Waals surface area contributed by atoms with Crippen molar-refractivity contribution in [1.29, 1.82) is 0 Å². The first kappa shape index (κ1) is 14.2. The highest BCUT2D eigenvalue weighted by Gasteiger charge is 2.23. The third-order valence-electron chi connectivity index (χ3n) is 3.29. The fraction of sp³-hybridized carbons (Fsp3) is 0.538. The quantitative estimate of drug-likeness (QED) is 0.845. The number of aromatic nitrogens is 2. The Bertz CT molecular complexity index is 509. The topological polar surface area (TPSA) is 79.6 Å². The maximum atomic E-state index is 12.1. The monoisotopic (exact) mass is 277 g/mol. The summed E-state index contributed by atoms with van der Waals surface area (Å²) in [7, 11) is 1.57. The molecule has 20 heavy (non-hydrogen) atoms. The van der Waals surface area contributed by atoms with Crippen LogP contribution in [0.4, 0.5) is 0 Å². The lowest BCUT2D eigenvalue weighted by atomic mass is 10.1. The Labute approximate surface area is 117 Å². The van der Waals surface area contributed by atoms with Crippen LogP contribution in [0.3, 0.4) is 0 Å². The molecule has 1 N–H and O–H groups in total. The molecule has 7 nitrogen and oxygen atoms in total. The summed E-state index contributed by atoms with van der Waals surface area (Å²) >= 11 is 0. The SMILES string of the molecule is CC[C@H](Cn1ccnc1)NC(=O)C1=NN(C)C(=O)CC1. The number of hydrogen-bond acceptors (Lipinski definition) is 4. The van der Waals surface area contributed by atoms with E-state index >= 15 is 0 Å². The molecule has 0 bridgehead atoms. The second kappa shape index (κ2) is 6.31. The van der Waals surface area contributed by atoms with Crippen LogP contribution in [0.25, 0.3) is 0 Å². The molecule has 1 aromatic rings. The molecule has 0 fully saturated rings. The number of hydrogen-bond donors (Lipinski definition) is 1. The number of nitrogens with one attached hydrogen (secondary N) is 1. The number of nitrogens with zero attached hydrogens (tertiary/aromatic N) is 4. The number of rotatable bonds is 5. The lowest BCUT2D eigenvalue weighted by Gasteiger charge is -2.22. The molecule has 0 aromatic carbocycles. The first-order valence-electron chi connectivity index (χ1n) is 6.70. The highest BCUT2D eigenvalue weighted by Crippen LogP contribution is 2.07. The van der Waals surface area contributed by atoms with Crippen LogP contribution in [0.1, 0.15) is 26.2 Å². The lowest BCUT2D eigenvalue weighted by molar-refractivity contribution is -0.130. The lowest BCUT2D eigenvalue weighted by Crippen LogP contribution is -2.43. The van der Waals surface area contributed by atoms with Crippen molar-refractivity contribution in [1.82, 2.24) is 19.9 Å². The van der Waals surface area contributed by atoms with Crippen LogP contribution in [0.15, 0.2) is 23.8 Å². The molecule has 0 spiro atoms. The molecule has 1 aliphatic rings. The van der Waals surface area contributed by atoms with Gasteiger partial charge in [-0.05, 0) is 6.42 Å². The van der Waals surface area contributed by atoms with E-state index in [9.17, 15) is 9.59 Å². The van der Waals surface area contributed by atoms with Crippen molar-refractivity contribution in [3.63, 3.8) is 0 Å². The summed E-state index contributed by atoms with van der Waals surface area (Å²) in [5.41, 5.74) is 0.413. The first-order valence-corrected chi connectivity index (χ1v) is 6.70. The number of carbonyl (C=O) groups is 2. The van der Waals surface area contributed by atoms with Gasteiger partial charge in [-0.25, -0.2) is 9.99 Å². The van der Waals surface area contributed by atoms with Crippen molar-refractivity contribution in [3.8, 4) is 0 Å². The van der Waals surface area contributed by atoms with Crippen LogP contribution in [-0.4, -0.2) is 45.2 Å². The molecule has 7 heteroatoms. The Morgan fingerprint density at radius 2 is 2.30 bits per heavy atom. The van der Waals surface area contributed by atoms with Gasteiger partial charge in [0.2, 0.25) is 5.91 Å². The fourth-order valence-corrected chi connectivity index (χ4v) is 2.03. The highest BCUT2D eigenvalue weighted by molar-refractivity contribution is 6.39. The summed E-state index contributed by atoms with van der Waals surface area (Å²) in [5, 5.41) is 8.20. The van der Waals surface area contributed by atoms with Gasteiger partial charge in [-0.15, -0.1) is 0 Å². The van der Waals surface area contributed by atoms with E-state index in [0.717, 1.165) is 6.42 Å². The summed E-state index contributed by atoms with van der Waals surface area (Å²) in [6, 6.07) is 0.0161. The number of amides is 2. The number of hydrazone groups is 1. The summed E-state index contributed by atoms with van der Waals surface area (Å²) in [6.07, 6.45) is 6.84. The van der Waals surface area contributed by atoms with Crippen molar-refractivity contribution in [2.45, 2.75) is 38.8 Å². The minimum atomic E-state index is -0.198. The van der Waals surface area contributed by atoms with Crippen molar-refractivity contribution in [2.75, 3.05) is 7.05 Å². The number of carbonyl (C=O) groups excluding carboxylic acids is 2. The smallest absolute Gasteiger partial charge is 0.267 e. The summed E-state index contributed by atoms with van der Waals surface area (Å²) in [5.74, 6) is -0.261. The van der Waals surface area contributed by atoms with Crippen molar-refractivity contribution in [2.24, 2.45) is 5.10 Å². The van der Waals surface area contributed by atoms with E-state index in [-0.39, 0.29) is 17.9 Å². The summed E-state index contributed by atoms with van der Waals surface area (Å²) in [6.45, 7) is 2.69. The predicted octanol–water partition coefficient (Wildman–Crippen LogP) is 0.386. The third kappa shape index (κ3) is 3.43. The molecule has 0 saturated carbocycles. The Morgan fingerprint density at radius 1 is 1.50 bits per heavy atom. The van der Waals surface area contributed by atoms with Gasteiger partial charge in [0.1, 0.15) is 5.71 Å². The van der Waals surface area contributed by atoms with E-state index in [4.69, 9.17) is 0 Å². The zero-order valence-electron chi connectivity index (χ0n) is 11.7. The highest BCUT2D eigenvalue weighted by atomic mass is 16.2. The molecule has 1 atom stereocenters. The van der Waals surface area contributed by atoms with Crippen LogP contribution in [0.2, 0.25) is 0 Å². The third-order valence-corrected chi connectivity index (χ3v) is 3.29. The van der Waals surface area contributed by atoms with Crippen molar-refractivity contribution >= 4 is 17.5 Å². The maximum Gasteiger partial charge on any atom is 0.267 e. The van der Waals surface area contributed by atoms with Gasteiger partial charge in [0.15, 0.2) is 0 Å². The second-order valence-corrected chi connectivity index (χ2v) is 4.80. The average Bonchev–Trinajstić information content (AvgIpc) is 2.93. The standard InChI is InChI=1S/C13H19N5O2/c1-3-10(8-18-7-6-14-9-18)15-13(20)11-4-5-12(19)17(2)16-11/h6-7,9-10H,3-5,8H2,1-2H3,(H,15,20)/t10-/m1/s1. The van der Waals surface area contributed by atoms with Gasteiger partial charge in [0.25, 0.3) is 5.91 Å². The Hall–Kier alpha value is -2.18. The molecule has 1 aliphatic heterocycles. The molecule has 2 amide bonds. The van der Waals surface area contributed by atoms with Crippen LogP contribution in [0.5, 0.6) is 0 Å². The van der Waals surface area contributed by atoms with Gasteiger partial charge >= 0.3 is 0 Å². The largest absolute Gasteiger partial charge is 0.346 e. The second-order valence-electron chi connectivity index (χ2n) is 4.80. The number of imidazole rings is 1. The van der Waals surface area contributed by atoms with Crippen LogP contribution in [0, 0.1) is 0 Å². The van der Waals surface area contributed by atoms with E-state index in [0.29, 0.717) is 25.1 Å². The molecule has 0 radical (unpaired) electrons. The van der Waals surface area contributed by atoms with Gasteiger partial charge in [-0.2, -0.15) is 5.10 Å². The molecule has 2 rings (SSSR count). The molecule has 2 heterocycles. The molecule has 1 aromatic heterocycles. The summed E-state index contributed by atoms with van der Waals surface area (Å²) < 4.78 is 1.92.